The first-order valence-corrected chi connectivity index (χ1v) is 26.3. The Labute approximate surface area is 374 Å². The maximum atomic E-state index is 14.0. The molecule has 0 unspecified atom stereocenters. The van der Waals surface area contributed by atoms with E-state index in [2.05, 4.69) is 52.0 Å². The van der Waals surface area contributed by atoms with Crippen molar-refractivity contribution in [3.8, 4) is 11.5 Å². The van der Waals surface area contributed by atoms with Crippen LogP contribution in [-0.4, -0.2) is 66.0 Å². The van der Waals surface area contributed by atoms with E-state index >= 15 is 0 Å². The smallest absolute Gasteiger partial charge is 0.179 e. The highest BCUT2D eigenvalue weighted by atomic mass is 32.2. The number of unbranched alkanes of at least 4 members (excludes halogenated alkanes) is 5. The van der Waals surface area contributed by atoms with Crippen molar-refractivity contribution in [2.45, 2.75) is 139 Å². The molecule has 0 spiro atoms. The summed E-state index contributed by atoms with van der Waals surface area (Å²) in [5, 5.41) is 14.0. The lowest BCUT2D eigenvalue weighted by atomic mass is 9.71. The molecule has 0 saturated carbocycles. The van der Waals surface area contributed by atoms with Crippen LogP contribution in [0.15, 0.2) is 107 Å². The van der Waals surface area contributed by atoms with Crippen molar-refractivity contribution in [3.05, 3.63) is 119 Å². The predicted octanol–water partition coefficient (Wildman–Crippen LogP) is 11.7. The number of benzene rings is 4. The number of hydrogen-bond donors (Lipinski definition) is 2. The van der Waals surface area contributed by atoms with E-state index in [9.17, 15) is 16.8 Å². The summed E-state index contributed by atoms with van der Waals surface area (Å²) in [4.78, 5) is 0.904. The van der Waals surface area contributed by atoms with Gasteiger partial charge in [0, 0.05) is 26.1 Å². The Hall–Kier alpha value is -3.70. The molecule has 342 valence electrons. The summed E-state index contributed by atoms with van der Waals surface area (Å²) in [6.45, 7) is 9.76. The standard InChI is InChI=1S/C50H66O6S2.2CH4O/c1-5-9-29-49(7-3)35-45(39-21-15-13-16-22-39)43-33-41(25-27-47(43)57(51,52)37-49)55-31-19-11-12-20-32-56-42-26-28-48-44(34-42)46(40-23-17-14-18-24-40)36-50(8-4,30-10-6-2)38-58(48,53)54;2*1-2/h13-18,21-28,33-34,45-46H,5-12,19-20,29-32,35-38H2,1-4H3;2*2H,1H3/t45-,46+,49-,50+;;. The number of fused-ring (bicyclic) bond motifs is 2. The molecule has 4 aromatic carbocycles. The lowest BCUT2D eigenvalue weighted by molar-refractivity contribution is 0.247. The van der Waals surface area contributed by atoms with Gasteiger partial charge in [-0.2, -0.15) is 0 Å². The summed E-state index contributed by atoms with van der Waals surface area (Å²) in [5.74, 6) is 1.79. The fraction of sp³-hybridized carbons (Fsp3) is 0.538. The van der Waals surface area contributed by atoms with Crippen molar-refractivity contribution in [1.29, 1.82) is 0 Å². The zero-order valence-corrected chi connectivity index (χ0v) is 39.9. The zero-order chi connectivity index (χ0) is 45.2. The van der Waals surface area contributed by atoms with Crippen molar-refractivity contribution in [3.63, 3.8) is 0 Å². The Morgan fingerprint density at radius 3 is 1.23 bits per heavy atom. The van der Waals surface area contributed by atoms with Crippen molar-refractivity contribution < 1.29 is 36.5 Å². The topological polar surface area (TPSA) is 127 Å². The van der Waals surface area contributed by atoms with Gasteiger partial charge in [-0.25, -0.2) is 16.8 Å². The maximum Gasteiger partial charge on any atom is 0.179 e. The van der Waals surface area contributed by atoms with E-state index in [4.69, 9.17) is 19.7 Å². The molecule has 0 aromatic heterocycles. The van der Waals surface area contributed by atoms with Gasteiger partial charge in [0.2, 0.25) is 0 Å². The molecule has 0 aliphatic carbocycles. The third-order valence-electron chi connectivity index (χ3n) is 13.3. The average Bonchev–Trinajstić information content (AvgIpc) is 3.47. The molecule has 6 rings (SSSR count). The molecule has 4 atom stereocenters. The molecule has 0 fully saturated rings. The van der Waals surface area contributed by atoms with E-state index in [0.29, 0.717) is 23.0 Å². The molecule has 4 aromatic rings. The molecule has 2 N–H and O–H groups in total. The van der Waals surface area contributed by atoms with Crippen molar-refractivity contribution in [2.24, 2.45) is 10.8 Å². The van der Waals surface area contributed by atoms with Crippen LogP contribution in [0.25, 0.3) is 0 Å². The van der Waals surface area contributed by atoms with Gasteiger partial charge < -0.3 is 19.7 Å². The predicted molar refractivity (Wildman–Crippen MR) is 253 cm³/mol. The lowest BCUT2D eigenvalue weighted by Crippen LogP contribution is -2.29. The van der Waals surface area contributed by atoms with Crippen molar-refractivity contribution in [2.75, 3.05) is 38.9 Å². The van der Waals surface area contributed by atoms with E-state index in [1.54, 1.807) is 12.1 Å². The Morgan fingerprint density at radius 1 is 0.516 bits per heavy atom. The van der Waals surface area contributed by atoms with Crippen LogP contribution in [0.4, 0.5) is 0 Å². The molecule has 0 bridgehead atoms. The molecule has 8 nitrogen and oxygen atoms in total. The van der Waals surface area contributed by atoms with Crippen LogP contribution in [0.5, 0.6) is 11.5 Å². The molecule has 0 radical (unpaired) electrons. The number of ether oxygens (including phenoxy) is 2. The lowest BCUT2D eigenvalue weighted by Gasteiger charge is -2.34. The number of hydrogen-bond acceptors (Lipinski definition) is 8. The largest absolute Gasteiger partial charge is 0.494 e. The van der Waals surface area contributed by atoms with Gasteiger partial charge in [0.1, 0.15) is 11.5 Å². The number of aliphatic hydroxyl groups excluding tert-OH is 2. The van der Waals surface area contributed by atoms with Gasteiger partial charge in [-0.1, -0.05) is 114 Å². The summed E-state index contributed by atoms with van der Waals surface area (Å²) in [6.07, 6.45) is 13.0. The third kappa shape index (κ3) is 13.0. The van der Waals surface area contributed by atoms with Crippen LogP contribution >= 0.6 is 0 Å². The van der Waals surface area contributed by atoms with Gasteiger partial charge >= 0.3 is 0 Å². The molecular weight excluding hydrogens is 817 g/mol. The minimum atomic E-state index is -3.48. The van der Waals surface area contributed by atoms with Crippen LogP contribution in [0.3, 0.4) is 0 Å². The van der Waals surface area contributed by atoms with Gasteiger partial charge in [-0.3, -0.25) is 0 Å². The van der Waals surface area contributed by atoms with E-state index < -0.39 is 19.7 Å². The van der Waals surface area contributed by atoms with Gasteiger partial charge in [-0.15, -0.1) is 0 Å². The van der Waals surface area contributed by atoms with Gasteiger partial charge in [0.05, 0.1) is 34.5 Å². The second-order valence-corrected chi connectivity index (χ2v) is 21.2. The Bertz CT molecular complexity index is 2000. The first-order chi connectivity index (χ1) is 30.0. The summed E-state index contributed by atoms with van der Waals surface area (Å²) >= 11 is 0. The first kappa shape index (κ1) is 50.9. The minimum absolute atomic E-state index is 0.0160. The van der Waals surface area contributed by atoms with Crippen LogP contribution in [-0.2, 0) is 19.7 Å². The Balaban J connectivity index is 0.00000205. The summed E-state index contributed by atoms with van der Waals surface area (Å²) in [6, 6.07) is 32.0. The Kier molecular flexibility index (Phi) is 20.0. The highest BCUT2D eigenvalue weighted by Crippen LogP contribution is 2.51. The van der Waals surface area contributed by atoms with Crippen LogP contribution in [0.1, 0.15) is 152 Å². The molecule has 0 amide bonds. The van der Waals surface area contributed by atoms with Crippen LogP contribution in [0.2, 0.25) is 0 Å². The van der Waals surface area contributed by atoms with Crippen LogP contribution in [0, 0.1) is 10.8 Å². The molecule has 10 heteroatoms. The number of sulfone groups is 2. The molecular formula is C52H74O8S2. The maximum absolute atomic E-state index is 14.0. The highest BCUT2D eigenvalue weighted by molar-refractivity contribution is 7.91. The van der Waals surface area contributed by atoms with Crippen molar-refractivity contribution >= 4 is 19.7 Å². The van der Waals surface area contributed by atoms with E-state index in [1.807, 2.05) is 60.7 Å². The molecule has 2 aliphatic heterocycles. The van der Waals surface area contributed by atoms with E-state index in [0.717, 1.165) is 138 Å². The third-order valence-corrected chi connectivity index (χ3v) is 17.3. The molecule has 2 aliphatic rings. The van der Waals surface area contributed by atoms with Gasteiger partial charge in [0.15, 0.2) is 19.7 Å². The summed E-state index contributed by atoms with van der Waals surface area (Å²) in [5.41, 5.74) is 3.50. The van der Waals surface area contributed by atoms with Gasteiger partial charge in [0.25, 0.3) is 0 Å². The minimum Gasteiger partial charge on any atom is -0.494 e. The van der Waals surface area contributed by atoms with E-state index in [1.165, 1.54) is 0 Å². The Morgan fingerprint density at radius 2 is 0.887 bits per heavy atom. The molecule has 2 heterocycles. The quantitative estimate of drug-likeness (QED) is 0.0891. The number of aliphatic hydroxyl groups is 2. The van der Waals surface area contributed by atoms with E-state index in [-0.39, 0.29) is 34.2 Å². The monoisotopic (exact) mass is 890 g/mol. The normalized spacial score (nSPS) is 22.2. The average molecular weight is 891 g/mol. The first-order valence-electron chi connectivity index (χ1n) is 23.0. The van der Waals surface area contributed by atoms with Gasteiger partial charge in [-0.05, 0) is 134 Å². The molecule has 62 heavy (non-hydrogen) atoms. The second-order valence-electron chi connectivity index (χ2n) is 17.3. The van der Waals surface area contributed by atoms with Crippen molar-refractivity contribution in [1.82, 2.24) is 0 Å². The van der Waals surface area contributed by atoms with Crippen LogP contribution < -0.4 is 9.47 Å². The fourth-order valence-electron chi connectivity index (χ4n) is 9.71. The summed E-state index contributed by atoms with van der Waals surface area (Å²) < 4.78 is 68.4. The number of rotatable bonds is 19. The highest BCUT2D eigenvalue weighted by Gasteiger charge is 2.44. The summed E-state index contributed by atoms with van der Waals surface area (Å²) in [7, 11) is -4.95. The fourth-order valence-corrected chi connectivity index (χ4v) is 14.2. The SMILES string of the molecule is CCCC[C@@]1(CC)C[C@@H](c2ccccc2)c2cc(OCCCCCCOc3ccc4c(c3)[C@@H](c3ccccc3)C[C@@](CC)(CCCC)CS4(=O)=O)ccc2S(=O)(=O)C1.CO.CO. The second kappa shape index (κ2) is 24.4. The molecule has 0 saturated heterocycles. The zero-order valence-electron chi connectivity index (χ0n) is 38.3.